The Morgan fingerprint density at radius 3 is 3.05 bits per heavy atom. The number of aromatic nitrogens is 2. The van der Waals surface area contributed by atoms with E-state index in [2.05, 4.69) is 9.97 Å². The molecular formula is C17H17N3O2. The summed E-state index contributed by atoms with van der Waals surface area (Å²) in [6, 6.07) is 9.74. The molecule has 5 heteroatoms. The molecule has 5 nitrogen and oxygen atoms in total. The second-order valence-corrected chi connectivity index (χ2v) is 5.74. The molecule has 3 heterocycles. The van der Waals surface area contributed by atoms with Crippen molar-refractivity contribution in [2.24, 2.45) is 0 Å². The standard InChI is InChI=1S/C17H17N3O2/c21-17(13-7-9-22-11-13)20-8-3-4-12(10-20)16-18-14-5-1-2-6-15(14)19-16/h1-2,5-7,9,11-12H,3-4,8,10H2,(H,18,19)/t12-/m0/s1. The van der Waals surface area contributed by atoms with E-state index < -0.39 is 0 Å². The first-order chi connectivity index (χ1) is 10.8. The van der Waals surface area contributed by atoms with Crippen molar-refractivity contribution in [1.82, 2.24) is 14.9 Å². The number of carbonyl (C=O) groups is 1. The Balaban J connectivity index is 1.56. The number of furan rings is 1. The van der Waals surface area contributed by atoms with Gasteiger partial charge in [0.05, 0.1) is 22.9 Å². The molecule has 1 N–H and O–H groups in total. The van der Waals surface area contributed by atoms with Gasteiger partial charge >= 0.3 is 0 Å². The molecule has 1 aliphatic heterocycles. The first-order valence-electron chi connectivity index (χ1n) is 7.57. The summed E-state index contributed by atoms with van der Waals surface area (Å²) in [7, 11) is 0. The van der Waals surface area contributed by atoms with Gasteiger partial charge in [-0.2, -0.15) is 0 Å². The van der Waals surface area contributed by atoms with Crippen LogP contribution in [0, 0.1) is 0 Å². The van der Waals surface area contributed by atoms with Crippen LogP contribution in [0.5, 0.6) is 0 Å². The lowest BCUT2D eigenvalue weighted by Crippen LogP contribution is -2.39. The minimum atomic E-state index is 0.0366. The van der Waals surface area contributed by atoms with Crippen molar-refractivity contribution in [3.05, 3.63) is 54.2 Å². The van der Waals surface area contributed by atoms with Crippen LogP contribution in [-0.2, 0) is 0 Å². The van der Waals surface area contributed by atoms with Crippen molar-refractivity contribution in [2.75, 3.05) is 13.1 Å². The van der Waals surface area contributed by atoms with E-state index in [9.17, 15) is 4.79 Å². The Morgan fingerprint density at radius 1 is 1.32 bits per heavy atom. The van der Waals surface area contributed by atoms with Crippen molar-refractivity contribution < 1.29 is 9.21 Å². The molecule has 0 spiro atoms. The van der Waals surface area contributed by atoms with Gasteiger partial charge < -0.3 is 14.3 Å². The Kier molecular flexibility index (Phi) is 3.18. The number of hydrogen-bond donors (Lipinski definition) is 1. The predicted octanol–water partition coefficient (Wildman–Crippen LogP) is 3.18. The Hall–Kier alpha value is -2.56. The number of nitrogens with zero attached hydrogens (tertiary/aromatic N) is 2. The third-order valence-electron chi connectivity index (χ3n) is 4.27. The molecule has 2 aromatic heterocycles. The molecule has 1 aliphatic rings. The number of amides is 1. The molecule has 112 valence electrons. The van der Waals surface area contributed by atoms with Crippen molar-refractivity contribution in [2.45, 2.75) is 18.8 Å². The Bertz CT molecular complexity index is 758. The van der Waals surface area contributed by atoms with Crippen molar-refractivity contribution >= 4 is 16.9 Å². The second-order valence-electron chi connectivity index (χ2n) is 5.74. The molecule has 4 rings (SSSR count). The lowest BCUT2D eigenvalue weighted by molar-refractivity contribution is 0.0704. The van der Waals surface area contributed by atoms with Crippen molar-refractivity contribution in [3.63, 3.8) is 0 Å². The zero-order valence-corrected chi connectivity index (χ0v) is 12.2. The highest BCUT2D eigenvalue weighted by molar-refractivity contribution is 5.93. The molecule has 22 heavy (non-hydrogen) atoms. The summed E-state index contributed by atoms with van der Waals surface area (Å²) < 4.78 is 5.01. The van der Waals surface area contributed by atoms with Crippen LogP contribution in [0.25, 0.3) is 11.0 Å². The minimum Gasteiger partial charge on any atom is -0.472 e. The van der Waals surface area contributed by atoms with Crippen LogP contribution >= 0.6 is 0 Å². The fraction of sp³-hybridized carbons (Fsp3) is 0.294. The van der Waals surface area contributed by atoms with E-state index in [0.29, 0.717) is 12.1 Å². The fourth-order valence-corrected chi connectivity index (χ4v) is 3.12. The molecular weight excluding hydrogens is 278 g/mol. The van der Waals surface area contributed by atoms with Gasteiger partial charge in [0.25, 0.3) is 5.91 Å². The average molecular weight is 295 g/mol. The number of piperidine rings is 1. The van der Waals surface area contributed by atoms with Gasteiger partial charge in [0.2, 0.25) is 0 Å². The van der Waals surface area contributed by atoms with Gasteiger partial charge in [0.1, 0.15) is 12.1 Å². The average Bonchev–Trinajstić information content (AvgIpc) is 3.23. The van der Waals surface area contributed by atoms with Crippen LogP contribution < -0.4 is 0 Å². The lowest BCUT2D eigenvalue weighted by atomic mass is 9.97. The van der Waals surface area contributed by atoms with Crippen molar-refractivity contribution in [1.29, 1.82) is 0 Å². The summed E-state index contributed by atoms with van der Waals surface area (Å²) in [5.74, 6) is 1.28. The molecule has 1 aromatic carbocycles. The maximum absolute atomic E-state index is 12.4. The number of hydrogen-bond acceptors (Lipinski definition) is 3. The van der Waals surface area contributed by atoms with Crippen LogP contribution in [-0.4, -0.2) is 33.9 Å². The Morgan fingerprint density at radius 2 is 2.23 bits per heavy atom. The van der Waals surface area contributed by atoms with E-state index in [1.165, 1.54) is 12.5 Å². The number of nitrogens with one attached hydrogen (secondary N) is 1. The Labute approximate surface area is 127 Å². The summed E-state index contributed by atoms with van der Waals surface area (Å²) in [5, 5.41) is 0. The predicted molar refractivity (Wildman–Crippen MR) is 82.7 cm³/mol. The van der Waals surface area contributed by atoms with Gasteiger partial charge in [-0.25, -0.2) is 4.98 Å². The molecule has 1 amide bonds. The summed E-state index contributed by atoms with van der Waals surface area (Å²) in [5.41, 5.74) is 2.65. The normalized spacial score (nSPS) is 18.7. The summed E-state index contributed by atoms with van der Waals surface area (Å²) in [6.45, 7) is 1.49. The van der Waals surface area contributed by atoms with Crippen molar-refractivity contribution in [3.8, 4) is 0 Å². The first-order valence-corrected chi connectivity index (χ1v) is 7.57. The summed E-state index contributed by atoms with van der Waals surface area (Å²) in [6.07, 6.45) is 5.08. The third kappa shape index (κ3) is 2.28. The van der Waals surface area contributed by atoms with E-state index in [4.69, 9.17) is 4.42 Å². The molecule has 0 bridgehead atoms. The quantitative estimate of drug-likeness (QED) is 0.790. The van der Waals surface area contributed by atoms with Crippen LogP contribution in [0.3, 0.4) is 0 Å². The maximum Gasteiger partial charge on any atom is 0.257 e. The van der Waals surface area contributed by atoms with Crippen LogP contribution in [0.1, 0.15) is 34.9 Å². The van der Waals surface area contributed by atoms with Gasteiger partial charge in [-0.15, -0.1) is 0 Å². The molecule has 1 atom stereocenters. The van der Waals surface area contributed by atoms with Crippen LogP contribution in [0.15, 0.2) is 47.3 Å². The minimum absolute atomic E-state index is 0.0366. The highest BCUT2D eigenvalue weighted by Crippen LogP contribution is 2.27. The number of imidazole rings is 1. The van der Waals surface area contributed by atoms with E-state index in [0.717, 1.165) is 36.2 Å². The maximum atomic E-state index is 12.4. The zero-order valence-electron chi connectivity index (χ0n) is 12.2. The number of rotatable bonds is 2. The van der Waals surface area contributed by atoms with Gasteiger partial charge in [0, 0.05) is 19.0 Å². The molecule has 0 radical (unpaired) electrons. The van der Waals surface area contributed by atoms with E-state index in [-0.39, 0.29) is 11.8 Å². The molecule has 1 saturated heterocycles. The number of H-pyrrole nitrogens is 1. The van der Waals surface area contributed by atoms with E-state index in [1.54, 1.807) is 6.07 Å². The smallest absolute Gasteiger partial charge is 0.257 e. The number of carbonyl (C=O) groups excluding carboxylic acids is 1. The number of likely N-dealkylation sites (tertiary alicyclic amines) is 1. The van der Waals surface area contributed by atoms with Crippen LogP contribution in [0.2, 0.25) is 0 Å². The third-order valence-corrected chi connectivity index (χ3v) is 4.27. The van der Waals surface area contributed by atoms with E-state index in [1.807, 2.05) is 29.2 Å². The molecule has 0 unspecified atom stereocenters. The number of fused-ring (bicyclic) bond motifs is 1. The fourth-order valence-electron chi connectivity index (χ4n) is 3.12. The van der Waals surface area contributed by atoms with Gasteiger partial charge in [-0.1, -0.05) is 12.1 Å². The zero-order chi connectivity index (χ0) is 14.9. The largest absolute Gasteiger partial charge is 0.472 e. The second kappa shape index (κ2) is 5.33. The highest BCUT2D eigenvalue weighted by Gasteiger charge is 2.27. The molecule has 0 saturated carbocycles. The summed E-state index contributed by atoms with van der Waals surface area (Å²) in [4.78, 5) is 22.4. The summed E-state index contributed by atoms with van der Waals surface area (Å²) >= 11 is 0. The van der Waals surface area contributed by atoms with Gasteiger partial charge in [0.15, 0.2) is 0 Å². The monoisotopic (exact) mass is 295 g/mol. The topological polar surface area (TPSA) is 62.1 Å². The van der Waals surface area contributed by atoms with E-state index >= 15 is 0 Å². The van der Waals surface area contributed by atoms with Gasteiger partial charge in [-0.05, 0) is 31.0 Å². The molecule has 3 aromatic rings. The van der Waals surface area contributed by atoms with Crippen LogP contribution in [0.4, 0.5) is 0 Å². The number of aromatic amines is 1. The molecule has 1 fully saturated rings. The lowest BCUT2D eigenvalue weighted by Gasteiger charge is -2.31. The first kappa shape index (κ1) is 13.1. The number of benzene rings is 1. The number of para-hydroxylation sites is 2. The SMILES string of the molecule is O=C(c1ccoc1)N1CCC[C@H](c2nc3ccccc3[nH]2)C1. The highest BCUT2D eigenvalue weighted by atomic mass is 16.3. The molecule has 0 aliphatic carbocycles. The van der Waals surface area contributed by atoms with Gasteiger partial charge in [-0.3, -0.25) is 4.79 Å².